The molecule has 3 heterocycles. The van der Waals surface area contributed by atoms with Gasteiger partial charge in [-0.05, 0) is 36.5 Å². The second-order valence-corrected chi connectivity index (χ2v) is 9.91. The van der Waals surface area contributed by atoms with E-state index in [1.807, 2.05) is 13.0 Å². The van der Waals surface area contributed by atoms with Gasteiger partial charge in [-0.3, -0.25) is 10.00 Å². The fourth-order valence-electron chi connectivity index (χ4n) is 4.44. The summed E-state index contributed by atoms with van der Waals surface area (Å²) >= 11 is 0. The number of nitrogens with zero attached hydrogens (tertiary/aromatic N) is 5. The molecule has 4 rings (SSSR count). The largest absolute Gasteiger partial charge is 0.295 e. The maximum Gasteiger partial charge on any atom is 0.282 e. The van der Waals surface area contributed by atoms with E-state index in [1.165, 1.54) is 34.8 Å². The lowest BCUT2D eigenvalue weighted by atomic mass is 9.90. The second-order valence-electron chi connectivity index (χ2n) is 7.81. The number of benzene rings is 1. The van der Waals surface area contributed by atoms with Crippen LogP contribution in [0.25, 0.3) is 0 Å². The maximum absolute atomic E-state index is 13.9. The highest BCUT2D eigenvalue weighted by atomic mass is 32.2. The Labute approximate surface area is 164 Å². The summed E-state index contributed by atoms with van der Waals surface area (Å²) in [6.07, 6.45) is 0. The predicted octanol–water partition coefficient (Wildman–Crippen LogP) is 1.16. The molecule has 0 spiro atoms. The van der Waals surface area contributed by atoms with Crippen LogP contribution in [0.15, 0.2) is 24.3 Å². The van der Waals surface area contributed by atoms with Crippen molar-refractivity contribution in [3.05, 3.63) is 47.3 Å². The molecule has 2 saturated heterocycles. The molecule has 2 fully saturated rings. The molecule has 0 saturated carbocycles. The zero-order valence-electron chi connectivity index (χ0n) is 16.2. The summed E-state index contributed by atoms with van der Waals surface area (Å²) in [6, 6.07) is 5.91. The van der Waals surface area contributed by atoms with Crippen molar-refractivity contribution in [1.82, 2.24) is 28.7 Å². The van der Waals surface area contributed by atoms with E-state index >= 15 is 0 Å². The molecule has 2 aliphatic rings. The van der Waals surface area contributed by atoms with Crippen molar-refractivity contribution in [2.45, 2.75) is 19.5 Å². The molecule has 3 atom stereocenters. The summed E-state index contributed by atoms with van der Waals surface area (Å²) in [6.45, 7) is 4.39. The Morgan fingerprint density at radius 2 is 2.07 bits per heavy atom. The fraction of sp³-hybridized carbons (Fsp3) is 0.556. The summed E-state index contributed by atoms with van der Waals surface area (Å²) in [7, 11) is -0.542. The van der Waals surface area contributed by atoms with Gasteiger partial charge in [0.2, 0.25) is 0 Å². The Bertz CT molecular complexity index is 962. The molecular formula is C18H25FN6O2S. The Balaban J connectivity index is 1.62. The fourth-order valence-corrected chi connectivity index (χ4v) is 5.80. The molecule has 0 amide bonds. The topological polar surface area (TPSA) is 85.4 Å². The van der Waals surface area contributed by atoms with Gasteiger partial charge in [0, 0.05) is 33.7 Å². The molecule has 2 aromatic rings. The molecule has 10 heteroatoms. The van der Waals surface area contributed by atoms with E-state index < -0.39 is 10.2 Å². The van der Waals surface area contributed by atoms with Crippen LogP contribution in [0.2, 0.25) is 0 Å². The first-order valence-corrected chi connectivity index (χ1v) is 10.7. The Morgan fingerprint density at radius 1 is 1.29 bits per heavy atom. The Kier molecular flexibility index (Phi) is 4.98. The molecule has 1 aromatic heterocycles. The van der Waals surface area contributed by atoms with E-state index in [1.54, 1.807) is 6.07 Å². The highest BCUT2D eigenvalue weighted by Gasteiger charge is 2.51. The van der Waals surface area contributed by atoms with Crippen LogP contribution >= 0.6 is 0 Å². The van der Waals surface area contributed by atoms with Crippen LogP contribution in [0.1, 0.15) is 23.3 Å². The number of H-pyrrole nitrogens is 1. The molecule has 0 unspecified atom stereocenters. The normalized spacial score (nSPS) is 26.2. The van der Waals surface area contributed by atoms with Gasteiger partial charge in [0.25, 0.3) is 10.2 Å². The van der Waals surface area contributed by atoms with Crippen LogP contribution in [0.5, 0.6) is 0 Å². The third-order valence-corrected chi connectivity index (χ3v) is 7.55. The lowest BCUT2D eigenvalue weighted by molar-refractivity contribution is 0.250. The molecule has 0 radical (unpaired) electrons. The van der Waals surface area contributed by atoms with Crippen molar-refractivity contribution in [2.75, 3.05) is 33.7 Å². The van der Waals surface area contributed by atoms with Crippen LogP contribution in [0.4, 0.5) is 4.39 Å². The standard InChI is InChI=1S/C18H25FN6O2S/c1-12-20-17(22-21-12)11-24-8-14-9-25(28(26,27)23(2)3)18(16(14)10-24)13-5-4-6-15(19)7-13/h4-7,14,16,18H,8-11H2,1-3H3,(H,20,21,22)/t14-,16-,18-/m0/s1. The number of hydrogen-bond acceptors (Lipinski definition) is 5. The van der Waals surface area contributed by atoms with Crippen LogP contribution in [-0.2, 0) is 16.8 Å². The number of fused-ring (bicyclic) bond motifs is 1. The van der Waals surface area contributed by atoms with Crippen molar-refractivity contribution in [1.29, 1.82) is 0 Å². The van der Waals surface area contributed by atoms with Crippen molar-refractivity contribution < 1.29 is 12.8 Å². The third kappa shape index (κ3) is 3.45. The quantitative estimate of drug-likeness (QED) is 0.803. The van der Waals surface area contributed by atoms with Gasteiger partial charge in [-0.25, -0.2) is 9.37 Å². The number of hydrogen-bond donors (Lipinski definition) is 1. The summed E-state index contributed by atoms with van der Waals surface area (Å²) in [5.74, 6) is 1.43. The minimum Gasteiger partial charge on any atom is -0.295 e. The highest BCUT2D eigenvalue weighted by molar-refractivity contribution is 7.86. The number of nitrogens with one attached hydrogen (secondary N) is 1. The summed E-state index contributed by atoms with van der Waals surface area (Å²) < 4.78 is 42.5. The summed E-state index contributed by atoms with van der Waals surface area (Å²) in [5.41, 5.74) is 0.702. The summed E-state index contributed by atoms with van der Waals surface area (Å²) in [5, 5.41) is 7.05. The zero-order valence-corrected chi connectivity index (χ0v) is 17.0. The molecule has 0 aliphatic carbocycles. The van der Waals surface area contributed by atoms with Crippen LogP contribution < -0.4 is 0 Å². The summed E-state index contributed by atoms with van der Waals surface area (Å²) in [4.78, 5) is 6.62. The number of rotatable bonds is 5. The number of likely N-dealkylation sites (tertiary alicyclic amines) is 1. The van der Waals surface area contributed by atoms with E-state index in [-0.39, 0.29) is 23.7 Å². The van der Waals surface area contributed by atoms with Crippen molar-refractivity contribution in [3.63, 3.8) is 0 Å². The first-order valence-electron chi connectivity index (χ1n) is 9.30. The first kappa shape index (κ1) is 19.4. The van der Waals surface area contributed by atoms with Gasteiger partial charge in [-0.15, -0.1) is 0 Å². The average Bonchev–Trinajstić information content (AvgIpc) is 3.29. The van der Waals surface area contributed by atoms with E-state index in [2.05, 4.69) is 20.1 Å². The predicted molar refractivity (Wildman–Crippen MR) is 102 cm³/mol. The monoisotopic (exact) mass is 408 g/mol. The van der Waals surface area contributed by atoms with Crippen molar-refractivity contribution in [3.8, 4) is 0 Å². The van der Waals surface area contributed by atoms with Gasteiger partial charge in [-0.2, -0.15) is 22.1 Å². The van der Waals surface area contributed by atoms with Gasteiger partial charge in [0.1, 0.15) is 11.6 Å². The van der Waals surface area contributed by atoms with Gasteiger partial charge in [0.05, 0.1) is 12.6 Å². The van der Waals surface area contributed by atoms with Gasteiger partial charge in [-0.1, -0.05) is 12.1 Å². The van der Waals surface area contributed by atoms with E-state index in [4.69, 9.17) is 0 Å². The van der Waals surface area contributed by atoms with Crippen molar-refractivity contribution >= 4 is 10.2 Å². The molecule has 28 heavy (non-hydrogen) atoms. The molecule has 152 valence electrons. The van der Waals surface area contributed by atoms with Crippen LogP contribution in [0.3, 0.4) is 0 Å². The average molecular weight is 409 g/mol. The van der Waals surface area contributed by atoms with E-state index in [0.717, 1.165) is 24.7 Å². The lowest BCUT2D eigenvalue weighted by Gasteiger charge is -2.30. The number of aryl methyl sites for hydroxylation is 1. The SMILES string of the molecule is Cc1nc(CN2C[C@H]3CN(S(=O)(=O)N(C)C)[C@@H](c4cccc(F)c4)[C@H]3C2)n[nH]1. The second kappa shape index (κ2) is 7.18. The van der Waals surface area contributed by atoms with E-state index in [9.17, 15) is 12.8 Å². The number of aromatic nitrogens is 3. The van der Waals surface area contributed by atoms with Gasteiger partial charge < -0.3 is 0 Å². The molecule has 1 N–H and O–H groups in total. The minimum atomic E-state index is -3.61. The number of aromatic amines is 1. The van der Waals surface area contributed by atoms with Crippen LogP contribution in [-0.4, -0.2) is 70.8 Å². The number of halogens is 1. The Morgan fingerprint density at radius 3 is 2.71 bits per heavy atom. The molecule has 8 nitrogen and oxygen atoms in total. The zero-order chi connectivity index (χ0) is 20.1. The molecule has 2 aliphatic heterocycles. The first-order chi connectivity index (χ1) is 13.3. The Hall–Kier alpha value is -1.88. The van der Waals surface area contributed by atoms with Gasteiger partial charge >= 0.3 is 0 Å². The smallest absolute Gasteiger partial charge is 0.282 e. The highest BCUT2D eigenvalue weighted by Crippen LogP contribution is 2.46. The molecule has 1 aromatic carbocycles. The maximum atomic E-state index is 13.9. The lowest BCUT2D eigenvalue weighted by Crippen LogP contribution is -2.42. The van der Waals surface area contributed by atoms with Crippen molar-refractivity contribution in [2.24, 2.45) is 11.8 Å². The third-order valence-electron chi connectivity index (χ3n) is 5.65. The minimum absolute atomic E-state index is 0.0940. The molecule has 0 bridgehead atoms. The van der Waals surface area contributed by atoms with Gasteiger partial charge in [0.15, 0.2) is 5.82 Å². The van der Waals surface area contributed by atoms with E-state index in [0.29, 0.717) is 18.7 Å². The molecular weight excluding hydrogens is 383 g/mol. The van der Waals surface area contributed by atoms with Crippen LogP contribution in [0, 0.1) is 24.6 Å².